The van der Waals surface area contributed by atoms with E-state index in [-0.39, 0.29) is 81.7 Å². The minimum absolute atomic E-state index is 0. The molecule has 1 radical (unpaired) electrons. The quantitative estimate of drug-likeness (QED) is 0.552. The van der Waals surface area contributed by atoms with Crippen molar-refractivity contribution in [2.45, 2.75) is 0 Å². The van der Waals surface area contributed by atoms with Gasteiger partial charge in [0.05, 0.1) is 0 Å². The third kappa shape index (κ3) is 8.82. The van der Waals surface area contributed by atoms with Crippen molar-refractivity contribution in [2.24, 2.45) is 0 Å². The van der Waals surface area contributed by atoms with Crippen LogP contribution in [0.5, 0.6) is 0 Å². The van der Waals surface area contributed by atoms with Crippen LogP contribution in [0.3, 0.4) is 0 Å². The maximum absolute atomic E-state index is 0. The average molecular weight is 303 g/mol. The standard InChI is InChI=1S/Cr.Cu.Mo.Zr. The van der Waals surface area contributed by atoms with E-state index in [9.17, 15) is 0 Å². The van der Waals surface area contributed by atoms with Crippen LogP contribution in [0.15, 0.2) is 0 Å². The van der Waals surface area contributed by atoms with E-state index in [0.29, 0.717) is 0 Å². The van der Waals surface area contributed by atoms with Crippen LogP contribution in [0.4, 0.5) is 0 Å². The summed E-state index contributed by atoms with van der Waals surface area (Å²) >= 11 is 0. The molecule has 0 rings (SSSR count). The summed E-state index contributed by atoms with van der Waals surface area (Å²) in [5, 5.41) is 0. The van der Waals surface area contributed by atoms with Crippen molar-refractivity contribution in [3.63, 3.8) is 0 Å². The van der Waals surface area contributed by atoms with Crippen LogP contribution in [0.2, 0.25) is 0 Å². The zero-order chi connectivity index (χ0) is 0. The second-order valence-corrected chi connectivity index (χ2v) is 0. The van der Waals surface area contributed by atoms with E-state index in [1.54, 1.807) is 0 Å². The minimum atomic E-state index is 0. The number of hydrogen-bond donors (Lipinski definition) is 0. The van der Waals surface area contributed by atoms with Gasteiger partial charge >= 0.3 is 0 Å². The summed E-state index contributed by atoms with van der Waals surface area (Å²) in [5.41, 5.74) is 0. The van der Waals surface area contributed by atoms with Crippen molar-refractivity contribution in [1.29, 1.82) is 0 Å². The van der Waals surface area contributed by atoms with Crippen LogP contribution >= 0.6 is 0 Å². The van der Waals surface area contributed by atoms with Crippen molar-refractivity contribution >= 4 is 0 Å². The molecule has 4 heavy (non-hydrogen) atoms. The molecule has 0 saturated carbocycles. The van der Waals surface area contributed by atoms with E-state index < -0.39 is 0 Å². The van der Waals surface area contributed by atoms with Crippen LogP contribution in [-0.4, -0.2) is 0 Å². The molecule has 0 atom stereocenters. The van der Waals surface area contributed by atoms with Crippen LogP contribution < -0.4 is 0 Å². The van der Waals surface area contributed by atoms with Gasteiger partial charge in [0.25, 0.3) is 0 Å². The molecule has 0 aliphatic rings. The Balaban J connectivity index is 0. The fourth-order valence-corrected chi connectivity index (χ4v) is 0. The third-order valence-electron chi connectivity index (χ3n) is 0. The van der Waals surface area contributed by atoms with Gasteiger partial charge in [-0.3, -0.25) is 0 Å². The molecular formula is CrCuMoZr. The van der Waals surface area contributed by atoms with Gasteiger partial charge in [-0.2, -0.15) is 0 Å². The zero-order valence-corrected chi connectivity index (χ0v) is 8.30. The van der Waals surface area contributed by atoms with Gasteiger partial charge in [-0.1, -0.05) is 0 Å². The first-order valence-corrected chi connectivity index (χ1v) is 0. The Bertz CT molecular complexity index is 8.00. The van der Waals surface area contributed by atoms with Crippen molar-refractivity contribution in [1.82, 2.24) is 0 Å². The average Bonchev–Trinajstić information content (AvgIpc) is 0. The summed E-state index contributed by atoms with van der Waals surface area (Å²) in [6, 6.07) is 0. The predicted octanol–water partition coefficient (Wildman–Crippen LogP) is -0.0100. The molecule has 0 aliphatic carbocycles. The van der Waals surface area contributed by atoms with Crippen LogP contribution in [0, 0.1) is 0 Å². The Kier molecular flexibility index (Phi) is 133. The molecule has 0 aromatic heterocycles. The van der Waals surface area contributed by atoms with Gasteiger partial charge in [-0.15, -0.1) is 0 Å². The molecule has 0 amide bonds. The van der Waals surface area contributed by atoms with E-state index in [1.807, 2.05) is 0 Å². The van der Waals surface area contributed by atoms with E-state index >= 15 is 0 Å². The van der Waals surface area contributed by atoms with Gasteiger partial charge < -0.3 is 0 Å². The first-order chi connectivity index (χ1) is 0. The van der Waals surface area contributed by atoms with Crippen molar-refractivity contribution in [2.75, 3.05) is 0 Å². The van der Waals surface area contributed by atoms with E-state index in [2.05, 4.69) is 0 Å². The van der Waals surface area contributed by atoms with Crippen LogP contribution in [0.25, 0.3) is 0 Å². The molecule has 0 aliphatic heterocycles. The van der Waals surface area contributed by atoms with Gasteiger partial charge in [-0.25, -0.2) is 0 Å². The van der Waals surface area contributed by atoms with E-state index in [4.69, 9.17) is 0 Å². The summed E-state index contributed by atoms with van der Waals surface area (Å²) in [6.45, 7) is 0. The summed E-state index contributed by atoms with van der Waals surface area (Å²) in [6.07, 6.45) is 0. The molecule has 0 saturated heterocycles. The largest absolute Gasteiger partial charge is 0 e. The SMILES string of the molecule is [Cr].[Cu].[Mo].[Zr]. The molecule has 4 heteroatoms. The second kappa shape index (κ2) is 17.5. The predicted molar refractivity (Wildman–Crippen MR) is 0 cm³/mol. The third-order valence-corrected chi connectivity index (χ3v) is 0. The van der Waals surface area contributed by atoms with Crippen LogP contribution in [-0.2, 0) is 81.7 Å². The molecule has 0 N–H and O–H groups in total. The van der Waals surface area contributed by atoms with Gasteiger partial charge in [0, 0.05) is 81.7 Å². The molecule has 0 spiro atoms. The van der Waals surface area contributed by atoms with Crippen LogP contribution in [0.1, 0.15) is 0 Å². The summed E-state index contributed by atoms with van der Waals surface area (Å²) in [5.74, 6) is 0. The molecule has 0 aromatic carbocycles. The van der Waals surface area contributed by atoms with Gasteiger partial charge in [0.15, 0.2) is 0 Å². The van der Waals surface area contributed by atoms with Gasteiger partial charge in [0.2, 0.25) is 0 Å². The Labute approximate surface area is 80.5 Å². The van der Waals surface area contributed by atoms with Gasteiger partial charge in [-0.05, 0) is 0 Å². The molecule has 0 heterocycles. The Morgan fingerprint density at radius 2 is 1.00 bits per heavy atom. The maximum atomic E-state index is 0. The van der Waals surface area contributed by atoms with Crippen molar-refractivity contribution in [3.05, 3.63) is 0 Å². The Hall–Kier alpha value is 2.62. The summed E-state index contributed by atoms with van der Waals surface area (Å²) < 4.78 is 0. The molecule has 0 aromatic rings. The minimum Gasteiger partial charge on any atom is 0 e. The summed E-state index contributed by atoms with van der Waals surface area (Å²) in [7, 11) is 0. The number of rotatable bonds is 0. The second-order valence-electron chi connectivity index (χ2n) is 0. The fourth-order valence-electron chi connectivity index (χ4n) is 0. The van der Waals surface area contributed by atoms with Crippen molar-refractivity contribution in [3.8, 4) is 0 Å². The molecule has 0 nitrogen and oxygen atoms in total. The molecular weight excluding hydrogens is 303 g/mol. The monoisotopic (exact) mass is 303 g/mol. The maximum Gasteiger partial charge on any atom is 0 e. The first-order valence-electron chi connectivity index (χ1n) is 0. The molecule has 0 unspecified atom stereocenters. The topological polar surface area (TPSA) is 0 Å². The van der Waals surface area contributed by atoms with E-state index in [1.165, 1.54) is 0 Å². The number of hydrogen-bond acceptors (Lipinski definition) is 0. The van der Waals surface area contributed by atoms with Crippen molar-refractivity contribution < 1.29 is 81.7 Å². The fraction of sp³-hybridized carbons (Fsp3) is 0. The smallest absolute Gasteiger partial charge is 0 e. The van der Waals surface area contributed by atoms with Gasteiger partial charge in [0.1, 0.15) is 0 Å². The van der Waals surface area contributed by atoms with E-state index in [0.717, 1.165) is 0 Å². The summed E-state index contributed by atoms with van der Waals surface area (Å²) in [4.78, 5) is 0. The zero-order valence-electron chi connectivity index (χ0n) is 1.62. The molecule has 0 fully saturated rings. The Morgan fingerprint density at radius 3 is 1.00 bits per heavy atom. The molecule has 0 bridgehead atoms. The Morgan fingerprint density at radius 1 is 1.00 bits per heavy atom. The molecule has 27 valence electrons. The first kappa shape index (κ1) is 30.4. The normalized spacial score (nSPS) is 0.